The monoisotopic (exact) mass is 482 g/mol. The minimum Gasteiger partial charge on any atom is -0.490 e. The van der Waals surface area contributed by atoms with Gasteiger partial charge in [0.25, 0.3) is 5.91 Å². The topological polar surface area (TPSA) is 69.3 Å². The Morgan fingerprint density at radius 1 is 0.971 bits per heavy atom. The fourth-order valence-electron chi connectivity index (χ4n) is 3.61. The van der Waals surface area contributed by atoms with Crippen LogP contribution < -0.4 is 24.4 Å². The molecule has 1 aliphatic heterocycles. The van der Waals surface area contributed by atoms with Gasteiger partial charge in [0.2, 0.25) is 5.75 Å². The lowest BCUT2D eigenvalue weighted by Crippen LogP contribution is -2.36. The minimum absolute atomic E-state index is 0.0616. The summed E-state index contributed by atoms with van der Waals surface area (Å²) in [5.74, 6) is 0.408. The van der Waals surface area contributed by atoms with Crippen LogP contribution in [0.2, 0.25) is 0 Å². The average molecular weight is 482 g/mol. The van der Waals surface area contributed by atoms with Gasteiger partial charge in [-0.05, 0) is 51.1 Å². The highest BCUT2D eigenvalue weighted by molar-refractivity contribution is 6.06. The molecule has 1 heterocycles. The number of benzene rings is 2. The van der Waals surface area contributed by atoms with E-state index in [0.29, 0.717) is 69.1 Å². The number of rotatable bonds is 9. The van der Waals surface area contributed by atoms with E-state index < -0.39 is 17.6 Å². The van der Waals surface area contributed by atoms with Crippen molar-refractivity contribution in [2.24, 2.45) is 0 Å². The fourth-order valence-corrected chi connectivity index (χ4v) is 3.61. The Bertz CT molecular complexity index is 964. The van der Waals surface area contributed by atoms with Crippen molar-refractivity contribution >= 4 is 17.3 Å². The third-order valence-electron chi connectivity index (χ3n) is 5.10. The number of hydrogen-bond acceptors (Lipinski definition) is 6. The Balaban J connectivity index is 2.00. The zero-order chi connectivity index (χ0) is 24.7. The number of amides is 1. The minimum atomic E-state index is -4.55. The number of carbonyl (C=O) groups is 1. The molecule has 0 saturated carbocycles. The van der Waals surface area contributed by atoms with Crippen LogP contribution in [0.3, 0.4) is 0 Å². The predicted octanol–water partition coefficient (Wildman–Crippen LogP) is 4.99. The molecule has 0 atom stereocenters. The second-order valence-corrected chi connectivity index (χ2v) is 7.38. The smallest absolute Gasteiger partial charge is 0.416 e. The quantitative estimate of drug-likeness (QED) is 0.543. The number of alkyl halides is 3. The third kappa shape index (κ3) is 6.05. The van der Waals surface area contributed by atoms with E-state index in [1.807, 2.05) is 11.8 Å². The largest absolute Gasteiger partial charge is 0.490 e. The van der Waals surface area contributed by atoms with Crippen LogP contribution in [0.25, 0.3) is 0 Å². The number of nitrogens with one attached hydrogen (secondary N) is 1. The van der Waals surface area contributed by atoms with Crippen LogP contribution in [0.1, 0.15) is 36.7 Å². The Labute approximate surface area is 196 Å². The van der Waals surface area contributed by atoms with E-state index in [0.717, 1.165) is 12.1 Å². The summed E-state index contributed by atoms with van der Waals surface area (Å²) in [5.41, 5.74) is -0.130. The standard InChI is InChI=1S/C24H29F3N2O5/c1-4-32-20-13-16(14-21(33-5-2)22(20)34-6-3)23(30)28-18-15-17(24(25,26)27)7-8-19(18)29-9-11-31-12-10-29/h7-8,13-15H,4-6,9-12H2,1-3H3,(H,28,30). The van der Waals surface area contributed by atoms with Gasteiger partial charge in [-0.15, -0.1) is 0 Å². The molecule has 10 heteroatoms. The number of hydrogen-bond donors (Lipinski definition) is 1. The number of ether oxygens (including phenoxy) is 4. The van der Waals surface area contributed by atoms with Gasteiger partial charge in [0, 0.05) is 18.7 Å². The maximum absolute atomic E-state index is 13.4. The van der Waals surface area contributed by atoms with Crippen molar-refractivity contribution in [3.8, 4) is 17.2 Å². The van der Waals surface area contributed by atoms with Gasteiger partial charge in [0.15, 0.2) is 11.5 Å². The maximum atomic E-state index is 13.4. The highest BCUT2D eigenvalue weighted by Crippen LogP contribution is 2.40. The molecule has 0 aliphatic carbocycles. The molecule has 1 saturated heterocycles. The summed E-state index contributed by atoms with van der Waals surface area (Å²) in [6.07, 6.45) is -4.55. The van der Waals surface area contributed by atoms with Gasteiger partial charge >= 0.3 is 6.18 Å². The number of nitrogens with zero attached hydrogens (tertiary/aromatic N) is 1. The van der Waals surface area contributed by atoms with Gasteiger partial charge in [-0.2, -0.15) is 13.2 Å². The summed E-state index contributed by atoms with van der Waals surface area (Å²) in [4.78, 5) is 15.1. The van der Waals surface area contributed by atoms with Crippen LogP contribution in [-0.4, -0.2) is 52.0 Å². The van der Waals surface area contributed by atoms with Crippen molar-refractivity contribution in [2.45, 2.75) is 26.9 Å². The molecule has 1 fully saturated rings. The van der Waals surface area contributed by atoms with Gasteiger partial charge in [-0.25, -0.2) is 0 Å². The Kier molecular flexibility index (Phi) is 8.49. The van der Waals surface area contributed by atoms with E-state index in [9.17, 15) is 18.0 Å². The fraction of sp³-hybridized carbons (Fsp3) is 0.458. The first-order valence-corrected chi connectivity index (χ1v) is 11.2. The number of anilines is 2. The van der Waals surface area contributed by atoms with Gasteiger partial charge in [0.05, 0.1) is 50.0 Å². The van der Waals surface area contributed by atoms with E-state index in [4.69, 9.17) is 18.9 Å². The second-order valence-electron chi connectivity index (χ2n) is 7.38. The zero-order valence-electron chi connectivity index (χ0n) is 19.5. The summed E-state index contributed by atoms with van der Waals surface area (Å²) in [7, 11) is 0. The summed E-state index contributed by atoms with van der Waals surface area (Å²) in [6.45, 7) is 8.30. The van der Waals surface area contributed by atoms with Crippen LogP contribution in [0.5, 0.6) is 17.2 Å². The summed E-state index contributed by atoms with van der Waals surface area (Å²) >= 11 is 0. The van der Waals surface area contributed by atoms with E-state index >= 15 is 0 Å². The molecule has 0 spiro atoms. The van der Waals surface area contributed by atoms with Crippen LogP contribution in [-0.2, 0) is 10.9 Å². The van der Waals surface area contributed by atoms with Crippen molar-refractivity contribution in [3.05, 3.63) is 41.5 Å². The molecular weight excluding hydrogens is 453 g/mol. The maximum Gasteiger partial charge on any atom is 0.416 e. The summed E-state index contributed by atoms with van der Waals surface area (Å²) in [5, 5.41) is 2.65. The van der Waals surface area contributed by atoms with Crippen molar-refractivity contribution in [1.82, 2.24) is 0 Å². The molecule has 1 N–H and O–H groups in total. The van der Waals surface area contributed by atoms with Crippen molar-refractivity contribution in [1.29, 1.82) is 0 Å². The van der Waals surface area contributed by atoms with E-state index in [1.165, 1.54) is 18.2 Å². The highest BCUT2D eigenvalue weighted by atomic mass is 19.4. The molecule has 2 aromatic carbocycles. The molecule has 3 rings (SSSR count). The molecule has 2 aromatic rings. The average Bonchev–Trinajstić information content (AvgIpc) is 2.81. The Morgan fingerprint density at radius 3 is 2.09 bits per heavy atom. The molecule has 186 valence electrons. The first kappa shape index (κ1) is 25.5. The molecule has 34 heavy (non-hydrogen) atoms. The number of morpholine rings is 1. The van der Waals surface area contributed by atoms with Gasteiger partial charge < -0.3 is 29.2 Å². The third-order valence-corrected chi connectivity index (χ3v) is 5.10. The van der Waals surface area contributed by atoms with E-state index in [-0.39, 0.29) is 11.3 Å². The Morgan fingerprint density at radius 2 is 1.56 bits per heavy atom. The second kappa shape index (κ2) is 11.3. The van der Waals surface area contributed by atoms with Crippen LogP contribution >= 0.6 is 0 Å². The predicted molar refractivity (Wildman–Crippen MR) is 122 cm³/mol. The Hall–Kier alpha value is -3.14. The van der Waals surface area contributed by atoms with Crippen LogP contribution in [0.4, 0.5) is 24.5 Å². The van der Waals surface area contributed by atoms with Gasteiger partial charge in [0.1, 0.15) is 0 Å². The van der Waals surface area contributed by atoms with Gasteiger partial charge in [-0.1, -0.05) is 0 Å². The summed E-state index contributed by atoms with van der Waals surface area (Å²) in [6, 6.07) is 6.32. The highest BCUT2D eigenvalue weighted by Gasteiger charge is 2.32. The van der Waals surface area contributed by atoms with E-state index in [2.05, 4.69) is 5.32 Å². The van der Waals surface area contributed by atoms with Crippen molar-refractivity contribution in [3.63, 3.8) is 0 Å². The molecule has 1 amide bonds. The number of carbonyl (C=O) groups excluding carboxylic acids is 1. The first-order chi connectivity index (χ1) is 16.3. The van der Waals surface area contributed by atoms with Crippen LogP contribution in [0, 0.1) is 0 Å². The lowest BCUT2D eigenvalue weighted by atomic mass is 10.1. The molecular formula is C24H29F3N2O5. The molecule has 7 nitrogen and oxygen atoms in total. The SMILES string of the molecule is CCOc1cc(C(=O)Nc2cc(C(F)(F)F)ccc2N2CCOCC2)cc(OCC)c1OCC. The molecule has 0 unspecified atom stereocenters. The lowest BCUT2D eigenvalue weighted by Gasteiger charge is -2.31. The molecule has 0 aromatic heterocycles. The normalized spacial score (nSPS) is 14.0. The molecule has 1 aliphatic rings. The molecule has 0 bridgehead atoms. The van der Waals surface area contributed by atoms with E-state index in [1.54, 1.807) is 13.8 Å². The molecule has 0 radical (unpaired) electrons. The van der Waals surface area contributed by atoms with Gasteiger partial charge in [-0.3, -0.25) is 4.79 Å². The number of halogens is 3. The van der Waals surface area contributed by atoms with Crippen LogP contribution in [0.15, 0.2) is 30.3 Å². The zero-order valence-corrected chi connectivity index (χ0v) is 19.5. The first-order valence-electron chi connectivity index (χ1n) is 11.2. The lowest BCUT2D eigenvalue weighted by molar-refractivity contribution is -0.137. The summed E-state index contributed by atoms with van der Waals surface area (Å²) < 4.78 is 62.5. The van der Waals surface area contributed by atoms with Crippen molar-refractivity contribution < 1.29 is 36.9 Å². The van der Waals surface area contributed by atoms with Crippen molar-refractivity contribution in [2.75, 3.05) is 56.3 Å².